The number of hydrogen-bond donors (Lipinski definition) is 1. The van der Waals surface area contributed by atoms with Crippen molar-refractivity contribution in [3.8, 4) is 5.75 Å². The molecule has 1 amide bonds. The molecular formula is C23H23BrN2O4S. The molecule has 162 valence electrons. The summed E-state index contributed by atoms with van der Waals surface area (Å²) < 4.78 is 34.2. The molecule has 0 saturated heterocycles. The molecule has 3 rings (SSSR count). The number of ether oxygens (including phenoxy) is 1. The molecule has 0 spiro atoms. The van der Waals surface area contributed by atoms with Crippen LogP contribution in [0.25, 0.3) is 0 Å². The molecule has 0 aliphatic heterocycles. The van der Waals surface area contributed by atoms with Crippen molar-refractivity contribution < 1.29 is 17.9 Å². The highest BCUT2D eigenvalue weighted by Gasteiger charge is 2.27. The number of benzene rings is 3. The van der Waals surface area contributed by atoms with Gasteiger partial charge in [-0.1, -0.05) is 33.6 Å². The molecule has 0 bridgehead atoms. The number of nitrogens with one attached hydrogen (secondary N) is 1. The summed E-state index contributed by atoms with van der Waals surface area (Å²) in [6.45, 7) is 3.88. The molecule has 0 heterocycles. The number of carbonyl (C=O) groups excluding carboxylic acids is 1. The minimum atomic E-state index is -3.98. The zero-order valence-corrected chi connectivity index (χ0v) is 19.6. The lowest BCUT2D eigenvalue weighted by atomic mass is 10.2. The van der Waals surface area contributed by atoms with Gasteiger partial charge in [0.15, 0.2) is 0 Å². The van der Waals surface area contributed by atoms with Crippen LogP contribution >= 0.6 is 15.9 Å². The fourth-order valence-electron chi connectivity index (χ4n) is 2.89. The minimum absolute atomic E-state index is 0.0768. The molecule has 3 aromatic carbocycles. The van der Waals surface area contributed by atoms with Crippen LogP contribution in [0.2, 0.25) is 0 Å². The van der Waals surface area contributed by atoms with E-state index < -0.39 is 15.9 Å². The Balaban J connectivity index is 1.90. The Bertz CT molecular complexity index is 1130. The van der Waals surface area contributed by atoms with Gasteiger partial charge in [-0.2, -0.15) is 0 Å². The maximum atomic E-state index is 13.4. The average molecular weight is 503 g/mol. The number of sulfonamides is 1. The molecule has 0 radical (unpaired) electrons. The largest absolute Gasteiger partial charge is 0.494 e. The highest BCUT2D eigenvalue weighted by molar-refractivity contribution is 9.10. The standard InChI is InChI=1S/C23H23BrN2O4S/c1-3-30-21-12-14-22(15-13-21)31(28,29)26(20-10-4-17(2)5-11-20)16-23(27)25-19-8-6-18(24)7-9-19/h4-15H,3,16H2,1-2H3,(H,25,27). The molecule has 0 aliphatic carbocycles. The van der Waals surface area contributed by atoms with Crippen molar-refractivity contribution >= 4 is 43.2 Å². The highest BCUT2D eigenvalue weighted by Crippen LogP contribution is 2.26. The molecule has 0 atom stereocenters. The Kier molecular flexibility index (Phi) is 7.35. The Labute approximate surface area is 191 Å². The number of hydrogen-bond acceptors (Lipinski definition) is 4. The van der Waals surface area contributed by atoms with Crippen molar-refractivity contribution in [2.45, 2.75) is 18.7 Å². The van der Waals surface area contributed by atoms with E-state index in [0.717, 1.165) is 14.3 Å². The van der Waals surface area contributed by atoms with Crippen LogP contribution in [-0.2, 0) is 14.8 Å². The first-order valence-corrected chi connectivity index (χ1v) is 11.9. The lowest BCUT2D eigenvalue weighted by Crippen LogP contribution is -2.38. The molecule has 0 fully saturated rings. The lowest BCUT2D eigenvalue weighted by Gasteiger charge is -2.24. The van der Waals surface area contributed by atoms with Crippen molar-refractivity contribution in [1.82, 2.24) is 0 Å². The first-order chi connectivity index (χ1) is 14.8. The average Bonchev–Trinajstić information content (AvgIpc) is 2.75. The normalized spacial score (nSPS) is 11.1. The lowest BCUT2D eigenvalue weighted by molar-refractivity contribution is -0.114. The third-order valence-electron chi connectivity index (χ3n) is 4.46. The summed E-state index contributed by atoms with van der Waals surface area (Å²) in [7, 11) is -3.98. The Hall–Kier alpha value is -2.84. The predicted molar refractivity (Wildman–Crippen MR) is 126 cm³/mol. The molecule has 31 heavy (non-hydrogen) atoms. The molecule has 0 unspecified atom stereocenters. The van der Waals surface area contributed by atoms with E-state index in [-0.39, 0.29) is 11.4 Å². The predicted octanol–water partition coefficient (Wildman–Crippen LogP) is 4.99. The molecule has 6 nitrogen and oxygen atoms in total. The van der Waals surface area contributed by atoms with Gasteiger partial charge in [-0.25, -0.2) is 8.42 Å². The second kappa shape index (κ2) is 9.98. The van der Waals surface area contributed by atoms with Crippen molar-refractivity contribution in [3.63, 3.8) is 0 Å². The molecule has 8 heteroatoms. The Morgan fingerprint density at radius 3 is 2.16 bits per heavy atom. The molecule has 0 aliphatic rings. The quantitative estimate of drug-likeness (QED) is 0.470. The summed E-state index contributed by atoms with van der Waals surface area (Å²) in [5.41, 5.74) is 1.97. The van der Waals surface area contributed by atoms with Crippen LogP contribution in [0.3, 0.4) is 0 Å². The number of amides is 1. The summed E-state index contributed by atoms with van der Waals surface area (Å²) in [6, 6.07) is 20.2. The fraction of sp³-hybridized carbons (Fsp3) is 0.174. The van der Waals surface area contributed by atoms with Gasteiger partial charge in [-0.05, 0) is 74.5 Å². The van der Waals surface area contributed by atoms with Gasteiger partial charge < -0.3 is 10.1 Å². The number of rotatable bonds is 8. The molecule has 3 aromatic rings. The summed E-state index contributed by atoms with van der Waals surface area (Å²) in [6.07, 6.45) is 0. The first-order valence-electron chi connectivity index (χ1n) is 9.67. The van der Waals surface area contributed by atoms with E-state index in [9.17, 15) is 13.2 Å². The van der Waals surface area contributed by atoms with Crippen molar-refractivity contribution in [3.05, 3.63) is 82.8 Å². The maximum absolute atomic E-state index is 13.4. The zero-order valence-electron chi connectivity index (χ0n) is 17.2. The van der Waals surface area contributed by atoms with E-state index in [1.165, 1.54) is 12.1 Å². The number of aryl methyl sites for hydroxylation is 1. The van der Waals surface area contributed by atoms with Gasteiger partial charge in [0.2, 0.25) is 5.91 Å². The van der Waals surface area contributed by atoms with Crippen LogP contribution < -0.4 is 14.4 Å². The third kappa shape index (κ3) is 5.86. The summed E-state index contributed by atoms with van der Waals surface area (Å²) in [5.74, 6) is 0.133. The smallest absolute Gasteiger partial charge is 0.264 e. The molecule has 0 saturated carbocycles. The topological polar surface area (TPSA) is 75.7 Å². The van der Waals surface area contributed by atoms with Gasteiger partial charge in [0.25, 0.3) is 10.0 Å². The van der Waals surface area contributed by atoms with Gasteiger partial charge in [0.1, 0.15) is 12.3 Å². The monoisotopic (exact) mass is 502 g/mol. The minimum Gasteiger partial charge on any atom is -0.494 e. The van der Waals surface area contributed by atoms with E-state index in [0.29, 0.717) is 23.7 Å². The van der Waals surface area contributed by atoms with E-state index in [4.69, 9.17) is 4.74 Å². The molecule has 0 aromatic heterocycles. The SMILES string of the molecule is CCOc1ccc(S(=O)(=O)N(CC(=O)Nc2ccc(Br)cc2)c2ccc(C)cc2)cc1. The zero-order chi connectivity index (χ0) is 22.4. The van der Waals surface area contributed by atoms with Crippen molar-refractivity contribution in [2.75, 3.05) is 22.8 Å². The number of carbonyl (C=O) groups is 1. The first kappa shape index (κ1) is 22.8. The van der Waals surface area contributed by atoms with Gasteiger partial charge in [0.05, 0.1) is 17.2 Å². The van der Waals surface area contributed by atoms with Crippen LogP contribution in [0.15, 0.2) is 82.2 Å². The van der Waals surface area contributed by atoms with Crippen LogP contribution in [0, 0.1) is 6.92 Å². The summed E-state index contributed by atoms with van der Waals surface area (Å²) >= 11 is 3.35. The maximum Gasteiger partial charge on any atom is 0.264 e. The van der Waals surface area contributed by atoms with Crippen LogP contribution in [0.5, 0.6) is 5.75 Å². The van der Waals surface area contributed by atoms with Crippen molar-refractivity contribution in [2.24, 2.45) is 0 Å². The summed E-state index contributed by atoms with van der Waals surface area (Å²) in [5, 5.41) is 2.74. The van der Waals surface area contributed by atoms with Gasteiger partial charge in [0, 0.05) is 10.2 Å². The molecular weight excluding hydrogens is 480 g/mol. The van der Waals surface area contributed by atoms with Crippen LogP contribution in [0.4, 0.5) is 11.4 Å². The van der Waals surface area contributed by atoms with E-state index in [2.05, 4.69) is 21.2 Å². The summed E-state index contributed by atoms with van der Waals surface area (Å²) in [4.78, 5) is 12.8. The van der Waals surface area contributed by atoms with E-state index in [1.807, 2.05) is 26.0 Å². The van der Waals surface area contributed by atoms with Crippen LogP contribution in [0.1, 0.15) is 12.5 Å². The number of anilines is 2. The van der Waals surface area contributed by atoms with E-state index >= 15 is 0 Å². The number of nitrogens with zero attached hydrogens (tertiary/aromatic N) is 1. The van der Waals surface area contributed by atoms with Gasteiger partial charge in [-0.3, -0.25) is 9.10 Å². The van der Waals surface area contributed by atoms with Crippen molar-refractivity contribution in [1.29, 1.82) is 0 Å². The van der Waals surface area contributed by atoms with E-state index in [1.54, 1.807) is 48.5 Å². The Morgan fingerprint density at radius 1 is 0.968 bits per heavy atom. The van der Waals surface area contributed by atoms with Crippen LogP contribution in [-0.4, -0.2) is 27.5 Å². The second-order valence-corrected chi connectivity index (χ2v) is 9.58. The fourth-order valence-corrected chi connectivity index (χ4v) is 4.58. The third-order valence-corrected chi connectivity index (χ3v) is 6.78. The second-order valence-electron chi connectivity index (χ2n) is 6.81. The van der Waals surface area contributed by atoms with Gasteiger partial charge in [-0.15, -0.1) is 0 Å². The Morgan fingerprint density at radius 2 is 1.58 bits per heavy atom. The molecule has 1 N–H and O–H groups in total. The van der Waals surface area contributed by atoms with Gasteiger partial charge >= 0.3 is 0 Å². The highest BCUT2D eigenvalue weighted by atomic mass is 79.9. The number of halogens is 1.